The predicted octanol–water partition coefficient (Wildman–Crippen LogP) is 2.07. The number of hydrogen-bond acceptors (Lipinski definition) is 4. The van der Waals surface area contributed by atoms with E-state index >= 15 is 0 Å². The van der Waals surface area contributed by atoms with E-state index in [1.54, 1.807) is 11.3 Å². The molecule has 1 unspecified atom stereocenters. The zero-order valence-electron chi connectivity index (χ0n) is 9.52. The van der Waals surface area contributed by atoms with E-state index < -0.39 is 0 Å². The number of hydrogen-bond donors (Lipinski definition) is 2. The van der Waals surface area contributed by atoms with Gasteiger partial charge < -0.3 is 11.5 Å². The van der Waals surface area contributed by atoms with Crippen molar-refractivity contribution in [3.05, 3.63) is 46.5 Å². The summed E-state index contributed by atoms with van der Waals surface area (Å²) in [6, 6.07) is 10.3. The number of aryl methyl sites for hydroxylation is 1. The lowest BCUT2D eigenvalue weighted by Crippen LogP contribution is -2.41. The first-order valence-electron chi connectivity index (χ1n) is 5.76. The van der Waals surface area contributed by atoms with Crippen LogP contribution < -0.4 is 11.5 Å². The van der Waals surface area contributed by atoms with Gasteiger partial charge in [0.25, 0.3) is 0 Å². The van der Waals surface area contributed by atoms with Crippen molar-refractivity contribution in [3.8, 4) is 0 Å². The maximum Gasteiger partial charge on any atom is 0.180 e. The number of nitrogens with two attached hydrogens (primary N) is 2. The van der Waals surface area contributed by atoms with E-state index in [-0.39, 0.29) is 5.54 Å². The second-order valence-electron chi connectivity index (χ2n) is 4.62. The van der Waals surface area contributed by atoms with Crippen molar-refractivity contribution in [1.82, 2.24) is 4.98 Å². The van der Waals surface area contributed by atoms with Gasteiger partial charge in [-0.05, 0) is 18.4 Å². The average Bonchev–Trinajstić information content (AvgIpc) is 2.69. The fourth-order valence-corrected chi connectivity index (χ4v) is 3.47. The van der Waals surface area contributed by atoms with E-state index in [1.165, 1.54) is 10.4 Å². The van der Waals surface area contributed by atoms with Crippen LogP contribution in [0, 0.1) is 0 Å². The van der Waals surface area contributed by atoms with Crippen molar-refractivity contribution >= 4 is 16.5 Å². The number of benzene rings is 1. The first-order chi connectivity index (χ1) is 8.17. The maximum absolute atomic E-state index is 6.54. The average molecular weight is 245 g/mol. The molecule has 1 heterocycles. The van der Waals surface area contributed by atoms with E-state index in [4.69, 9.17) is 11.5 Å². The second-order valence-corrected chi connectivity index (χ2v) is 5.74. The van der Waals surface area contributed by atoms with E-state index in [1.807, 2.05) is 18.2 Å². The highest BCUT2D eigenvalue weighted by Gasteiger charge is 2.33. The summed E-state index contributed by atoms with van der Waals surface area (Å²) in [5.41, 5.74) is 14.4. The maximum atomic E-state index is 6.54. The molecule has 0 amide bonds. The normalized spacial score (nSPS) is 23.4. The number of rotatable bonds is 1. The summed E-state index contributed by atoms with van der Waals surface area (Å²) in [7, 11) is 0. The highest BCUT2D eigenvalue weighted by atomic mass is 32.1. The fraction of sp³-hybridized carbons (Fsp3) is 0.308. The Hall–Kier alpha value is -1.39. The first kappa shape index (κ1) is 10.7. The third-order valence-electron chi connectivity index (χ3n) is 3.43. The summed E-state index contributed by atoms with van der Waals surface area (Å²) >= 11 is 1.57. The Morgan fingerprint density at radius 2 is 2.00 bits per heavy atom. The molecule has 1 aliphatic carbocycles. The van der Waals surface area contributed by atoms with Crippen LogP contribution in [0.5, 0.6) is 0 Å². The Morgan fingerprint density at radius 3 is 2.76 bits per heavy atom. The molecule has 88 valence electrons. The van der Waals surface area contributed by atoms with Crippen molar-refractivity contribution in [1.29, 1.82) is 0 Å². The third kappa shape index (κ3) is 1.83. The van der Waals surface area contributed by atoms with Crippen molar-refractivity contribution in [2.45, 2.75) is 24.8 Å². The molecule has 0 saturated carbocycles. The minimum absolute atomic E-state index is 0.257. The minimum Gasteiger partial charge on any atom is -0.375 e. The van der Waals surface area contributed by atoms with Gasteiger partial charge in [0.05, 0.1) is 5.69 Å². The summed E-state index contributed by atoms with van der Waals surface area (Å²) < 4.78 is 0. The van der Waals surface area contributed by atoms with Gasteiger partial charge in [-0.3, -0.25) is 0 Å². The molecule has 0 bridgehead atoms. The van der Waals surface area contributed by atoms with Gasteiger partial charge in [0.15, 0.2) is 5.13 Å². The Bertz CT molecular complexity index is 535. The van der Waals surface area contributed by atoms with Gasteiger partial charge in [0.2, 0.25) is 0 Å². The van der Waals surface area contributed by atoms with Gasteiger partial charge in [-0.25, -0.2) is 4.98 Å². The van der Waals surface area contributed by atoms with Gasteiger partial charge in [0, 0.05) is 16.8 Å². The SMILES string of the molecule is Nc1nc2c(s1)CC(N)(c1ccccc1)CC2. The Morgan fingerprint density at radius 1 is 1.24 bits per heavy atom. The summed E-state index contributed by atoms with van der Waals surface area (Å²) in [5.74, 6) is 0. The van der Waals surface area contributed by atoms with E-state index in [0.29, 0.717) is 5.13 Å². The van der Waals surface area contributed by atoms with Crippen LogP contribution >= 0.6 is 11.3 Å². The second kappa shape index (κ2) is 3.82. The van der Waals surface area contributed by atoms with Crippen LogP contribution in [0.2, 0.25) is 0 Å². The molecule has 0 spiro atoms. The number of thiazole rings is 1. The molecule has 0 fully saturated rings. The lowest BCUT2D eigenvalue weighted by atomic mass is 9.79. The fourth-order valence-electron chi connectivity index (χ4n) is 2.47. The number of anilines is 1. The van der Waals surface area contributed by atoms with E-state index in [0.717, 1.165) is 25.0 Å². The molecule has 0 saturated heterocycles. The summed E-state index contributed by atoms with van der Waals surface area (Å²) in [4.78, 5) is 5.60. The molecule has 0 aliphatic heterocycles. The van der Waals surface area contributed by atoms with Crippen molar-refractivity contribution in [2.75, 3.05) is 5.73 Å². The Labute approximate surface area is 104 Å². The number of nitrogen functional groups attached to an aromatic ring is 1. The quantitative estimate of drug-likeness (QED) is 0.808. The number of nitrogens with zero attached hydrogens (tertiary/aromatic N) is 1. The van der Waals surface area contributed by atoms with E-state index in [2.05, 4.69) is 17.1 Å². The predicted molar refractivity (Wildman–Crippen MR) is 70.9 cm³/mol. The first-order valence-corrected chi connectivity index (χ1v) is 6.57. The zero-order chi connectivity index (χ0) is 11.9. The lowest BCUT2D eigenvalue weighted by molar-refractivity contribution is 0.386. The van der Waals surface area contributed by atoms with Crippen LogP contribution in [0.25, 0.3) is 0 Å². The van der Waals surface area contributed by atoms with Crippen LogP contribution in [0.3, 0.4) is 0 Å². The smallest absolute Gasteiger partial charge is 0.180 e. The topological polar surface area (TPSA) is 64.9 Å². The molecule has 0 radical (unpaired) electrons. The summed E-state index contributed by atoms with van der Waals surface area (Å²) in [6.07, 6.45) is 2.71. The summed E-state index contributed by atoms with van der Waals surface area (Å²) in [6.45, 7) is 0. The Kier molecular flexibility index (Phi) is 2.42. The monoisotopic (exact) mass is 245 g/mol. The summed E-state index contributed by atoms with van der Waals surface area (Å²) in [5, 5.41) is 0.660. The van der Waals surface area contributed by atoms with Crippen molar-refractivity contribution in [2.24, 2.45) is 5.73 Å². The molecule has 1 aliphatic rings. The molecular weight excluding hydrogens is 230 g/mol. The Balaban J connectivity index is 1.97. The molecular formula is C13H15N3S. The highest BCUT2D eigenvalue weighted by Crippen LogP contribution is 2.37. The van der Waals surface area contributed by atoms with Gasteiger partial charge in [0.1, 0.15) is 0 Å². The van der Waals surface area contributed by atoms with Gasteiger partial charge in [-0.2, -0.15) is 0 Å². The molecule has 3 nitrogen and oxygen atoms in total. The van der Waals surface area contributed by atoms with Crippen LogP contribution in [0.15, 0.2) is 30.3 Å². The molecule has 1 atom stereocenters. The third-order valence-corrected chi connectivity index (χ3v) is 4.35. The van der Waals surface area contributed by atoms with Crippen molar-refractivity contribution in [3.63, 3.8) is 0 Å². The molecule has 4 N–H and O–H groups in total. The largest absolute Gasteiger partial charge is 0.375 e. The lowest BCUT2D eigenvalue weighted by Gasteiger charge is -2.33. The zero-order valence-corrected chi connectivity index (χ0v) is 10.3. The van der Waals surface area contributed by atoms with Gasteiger partial charge >= 0.3 is 0 Å². The highest BCUT2D eigenvalue weighted by molar-refractivity contribution is 7.15. The van der Waals surface area contributed by atoms with Crippen LogP contribution in [-0.2, 0) is 18.4 Å². The van der Waals surface area contributed by atoms with Crippen LogP contribution in [-0.4, -0.2) is 4.98 Å². The molecule has 1 aromatic carbocycles. The molecule has 2 aromatic rings. The van der Waals surface area contributed by atoms with Crippen LogP contribution in [0.4, 0.5) is 5.13 Å². The minimum atomic E-state index is -0.257. The molecule has 4 heteroatoms. The van der Waals surface area contributed by atoms with E-state index in [9.17, 15) is 0 Å². The van der Waals surface area contributed by atoms with Gasteiger partial charge in [-0.1, -0.05) is 30.3 Å². The van der Waals surface area contributed by atoms with Gasteiger partial charge in [-0.15, -0.1) is 11.3 Å². The number of aromatic nitrogens is 1. The standard InChI is InChI=1S/C13H15N3S/c14-12-16-10-6-7-13(15,8-11(10)17-12)9-4-2-1-3-5-9/h1-5H,6-8,15H2,(H2,14,16). The molecule has 1 aromatic heterocycles. The molecule has 3 rings (SSSR count). The van der Waals surface area contributed by atoms with Crippen LogP contribution in [0.1, 0.15) is 22.6 Å². The molecule has 17 heavy (non-hydrogen) atoms. The number of fused-ring (bicyclic) bond motifs is 1. The van der Waals surface area contributed by atoms with Crippen molar-refractivity contribution < 1.29 is 0 Å².